The second-order valence-corrected chi connectivity index (χ2v) is 8.54. The van der Waals surface area contributed by atoms with Crippen LogP contribution in [-0.2, 0) is 14.8 Å². The molecule has 0 spiro atoms. The molecule has 4 nitrogen and oxygen atoms in total. The van der Waals surface area contributed by atoms with Crippen molar-refractivity contribution in [2.75, 3.05) is 0 Å². The number of ether oxygens (including phenoxy) is 1. The average molecular weight is 293 g/mol. The van der Waals surface area contributed by atoms with E-state index in [0.29, 0.717) is 4.90 Å². The van der Waals surface area contributed by atoms with Crippen molar-refractivity contribution < 1.29 is 13.2 Å². The van der Waals surface area contributed by atoms with Crippen molar-refractivity contribution in [3.63, 3.8) is 0 Å². The summed E-state index contributed by atoms with van der Waals surface area (Å²) < 4.78 is 33.1. The van der Waals surface area contributed by atoms with Crippen LogP contribution in [0.4, 0.5) is 0 Å². The van der Waals surface area contributed by atoms with Gasteiger partial charge in [-0.15, -0.1) is 0 Å². The van der Waals surface area contributed by atoms with E-state index >= 15 is 0 Å². The Morgan fingerprint density at radius 3 is 2.10 bits per heavy atom. The van der Waals surface area contributed by atoms with E-state index in [0.717, 1.165) is 18.4 Å². The van der Waals surface area contributed by atoms with Crippen LogP contribution in [0.15, 0.2) is 29.2 Å². The van der Waals surface area contributed by atoms with E-state index in [2.05, 4.69) is 13.8 Å². The smallest absolute Gasteiger partial charge is 0.244 e. The van der Waals surface area contributed by atoms with Gasteiger partial charge in [-0.25, -0.2) is 8.42 Å². The normalized spacial score (nSPS) is 45.5. The molecule has 1 aromatic carbocycles. The van der Waals surface area contributed by atoms with Gasteiger partial charge in [0.15, 0.2) is 0 Å². The third-order valence-corrected chi connectivity index (χ3v) is 7.61. The van der Waals surface area contributed by atoms with E-state index in [4.69, 9.17) is 4.74 Å². The molecular formula is C15H19NO3S. The molecule has 1 unspecified atom stereocenters. The molecule has 0 amide bonds. The molecule has 4 rings (SSSR count). The van der Waals surface area contributed by atoms with Crippen LogP contribution in [-0.4, -0.2) is 36.0 Å². The van der Waals surface area contributed by atoms with Gasteiger partial charge in [0.05, 0.1) is 28.2 Å². The first-order valence-electron chi connectivity index (χ1n) is 7.07. The van der Waals surface area contributed by atoms with Crippen LogP contribution in [0.5, 0.6) is 0 Å². The highest BCUT2D eigenvalue weighted by Gasteiger charge is 2.79. The summed E-state index contributed by atoms with van der Waals surface area (Å²) in [5, 5.41) is 0. The second kappa shape index (κ2) is 3.46. The maximum Gasteiger partial charge on any atom is 0.244 e. The summed E-state index contributed by atoms with van der Waals surface area (Å²) in [6, 6.07) is 7.12. The quantitative estimate of drug-likeness (QED) is 0.784. The van der Waals surface area contributed by atoms with E-state index in [1.165, 1.54) is 0 Å². The molecule has 2 aliphatic heterocycles. The maximum absolute atomic E-state index is 12.9. The number of benzene rings is 1. The van der Waals surface area contributed by atoms with Crippen molar-refractivity contribution in [1.82, 2.24) is 4.31 Å². The zero-order valence-corrected chi connectivity index (χ0v) is 12.8. The summed E-state index contributed by atoms with van der Waals surface area (Å²) in [6.45, 7) is 6.06. The Hall–Kier alpha value is -0.910. The number of fused-ring (bicyclic) bond motifs is 2. The lowest BCUT2D eigenvalue weighted by molar-refractivity contribution is 0.341. The molecule has 1 aliphatic carbocycles. The monoisotopic (exact) mass is 293 g/mol. The Kier molecular flexibility index (Phi) is 2.21. The summed E-state index contributed by atoms with van der Waals surface area (Å²) in [5.41, 5.74) is 0.502. The second-order valence-electron chi connectivity index (χ2n) is 6.75. The Bertz CT molecular complexity index is 662. The fourth-order valence-electron chi connectivity index (χ4n) is 3.97. The van der Waals surface area contributed by atoms with Crippen LogP contribution in [0, 0.1) is 6.92 Å². The van der Waals surface area contributed by atoms with Crippen LogP contribution < -0.4 is 0 Å². The molecule has 0 bridgehead atoms. The lowest BCUT2D eigenvalue weighted by atomic mass is 9.82. The fourth-order valence-corrected chi connectivity index (χ4v) is 6.22. The lowest BCUT2D eigenvalue weighted by Crippen LogP contribution is -2.28. The van der Waals surface area contributed by atoms with Crippen LogP contribution >= 0.6 is 0 Å². The summed E-state index contributed by atoms with van der Waals surface area (Å²) in [4.78, 5) is 0.398. The number of hydrogen-bond donors (Lipinski definition) is 0. The molecule has 0 radical (unpaired) electrons. The Morgan fingerprint density at radius 2 is 1.60 bits per heavy atom. The van der Waals surface area contributed by atoms with E-state index in [-0.39, 0.29) is 23.3 Å². The highest BCUT2D eigenvalue weighted by Crippen LogP contribution is 2.66. The van der Waals surface area contributed by atoms with E-state index in [1.807, 2.05) is 19.1 Å². The van der Waals surface area contributed by atoms with Crippen molar-refractivity contribution in [3.8, 4) is 0 Å². The van der Waals surface area contributed by atoms with E-state index < -0.39 is 10.0 Å². The predicted octanol–water partition coefficient (Wildman–Crippen LogP) is 2.08. The Balaban J connectivity index is 1.73. The average Bonchev–Trinajstić information content (AvgIpc) is 3.17. The topological polar surface area (TPSA) is 49.7 Å². The molecule has 20 heavy (non-hydrogen) atoms. The van der Waals surface area contributed by atoms with Crippen LogP contribution in [0.2, 0.25) is 0 Å². The summed E-state index contributed by atoms with van der Waals surface area (Å²) in [7, 11) is -3.41. The third-order valence-electron chi connectivity index (χ3n) is 5.45. The lowest BCUT2D eigenvalue weighted by Gasteiger charge is -2.16. The standard InChI is InChI=1S/C15H19NO3S/c1-10-4-6-11(7-5-10)20(17,18)16-14(2)8-12-13(19-12)9-15(14,16)3/h4-7,12-13H,8-9H2,1-3H3/t12-,13+,14-,15+,16?. The molecule has 1 saturated carbocycles. The molecule has 0 N–H and O–H groups in total. The maximum atomic E-state index is 12.9. The molecule has 1 aromatic rings. The zero-order valence-electron chi connectivity index (χ0n) is 12.0. The Morgan fingerprint density at radius 1 is 1.10 bits per heavy atom. The van der Waals surface area contributed by atoms with E-state index in [1.54, 1.807) is 16.4 Å². The molecule has 2 heterocycles. The van der Waals surface area contributed by atoms with Crippen LogP contribution in [0.3, 0.4) is 0 Å². The molecule has 5 heteroatoms. The first-order chi connectivity index (χ1) is 9.29. The molecule has 0 aromatic heterocycles. The minimum atomic E-state index is -3.41. The van der Waals surface area contributed by atoms with Crippen molar-refractivity contribution in [2.24, 2.45) is 0 Å². The molecule has 5 atom stereocenters. The molecule has 3 aliphatic rings. The van der Waals surface area contributed by atoms with Crippen LogP contribution in [0.25, 0.3) is 0 Å². The summed E-state index contributed by atoms with van der Waals surface area (Å²) in [6.07, 6.45) is 2.18. The highest BCUT2D eigenvalue weighted by molar-refractivity contribution is 7.89. The SMILES string of the molecule is Cc1ccc(S(=O)(=O)N2[C@]3(C)C[C@H]4O[C@H]4C[C@]23C)cc1. The fraction of sp³-hybridized carbons (Fsp3) is 0.600. The third kappa shape index (κ3) is 1.41. The van der Waals surface area contributed by atoms with Crippen molar-refractivity contribution >= 4 is 10.0 Å². The number of aryl methyl sites for hydroxylation is 1. The van der Waals surface area contributed by atoms with Gasteiger partial charge in [-0.05, 0) is 45.7 Å². The molecule has 108 valence electrons. The summed E-state index contributed by atoms with van der Waals surface area (Å²) in [5.74, 6) is 0. The number of epoxide rings is 1. The largest absolute Gasteiger partial charge is 0.369 e. The number of hydrogen-bond acceptors (Lipinski definition) is 3. The molecular weight excluding hydrogens is 274 g/mol. The first kappa shape index (κ1) is 12.8. The highest BCUT2D eigenvalue weighted by atomic mass is 32.2. The van der Waals surface area contributed by atoms with Gasteiger partial charge in [0, 0.05) is 0 Å². The minimum absolute atomic E-state index is 0.270. The predicted molar refractivity (Wildman–Crippen MR) is 74.9 cm³/mol. The van der Waals surface area contributed by atoms with Gasteiger partial charge in [0.2, 0.25) is 10.0 Å². The van der Waals surface area contributed by atoms with Gasteiger partial charge in [-0.1, -0.05) is 17.7 Å². The van der Waals surface area contributed by atoms with Gasteiger partial charge < -0.3 is 4.74 Å². The van der Waals surface area contributed by atoms with Gasteiger partial charge in [-0.3, -0.25) is 0 Å². The first-order valence-corrected chi connectivity index (χ1v) is 8.51. The number of rotatable bonds is 2. The van der Waals surface area contributed by atoms with Crippen LogP contribution in [0.1, 0.15) is 32.3 Å². The minimum Gasteiger partial charge on any atom is -0.369 e. The van der Waals surface area contributed by atoms with Gasteiger partial charge in [-0.2, -0.15) is 4.31 Å². The molecule has 2 saturated heterocycles. The van der Waals surface area contributed by atoms with Crippen molar-refractivity contribution in [3.05, 3.63) is 29.8 Å². The van der Waals surface area contributed by atoms with E-state index in [9.17, 15) is 8.42 Å². The zero-order chi connectivity index (χ0) is 14.3. The summed E-state index contributed by atoms with van der Waals surface area (Å²) >= 11 is 0. The van der Waals surface area contributed by atoms with Crippen molar-refractivity contribution in [1.29, 1.82) is 0 Å². The van der Waals surface area contributed by atoms with Gasteiger partial charge in [0.25, 0.3) is 0 Å². The van der Waals surface area contributed by atoms with Crippen molar-refractivity contribution in [2.45, 2.75) is 61.8 Å². The Labute approximate surface area is 119 Å². The van der Waals surface area contributed by atoms with Gasteiger partial charge in [0.1, 0.15) is 0 Å². The van der Waals surface area contributed by atoms with Gasteiger partial charge >= 0.3 is 0 Å². The number of sulfonamides is 1. The number of nitrogens with zero attached hydrogens (tertiary/aromatic N) is 1. The molecule has 3 fully saturated rings.